The zero-order valence-electron chi connectivity index (χ0n) is 13.1. The lowest BCUT2D eigenvalue weighted by Crippen LogP contribution is -2.14. The van der Waals surface area contributed by atoms with Crippen molar-refractivity contribution in [3.05, 3.63) is 86.5 Å². The largest absolute Gasteiger partial charge is 0.313 e. The van der Waals surface area contributed by atoms with Gasteiger partial charge in [-0.15, -0.1) is 17.9 Å². The van der Waals surface area contributed by atoms with Gasteiger partial charge in [0.2, 0.25) is 0 Å². The molecular formula is C18H14ClN3O2S. The second kappa shape index (κ2) is 7.46. The molecule has 0 N–H and O–H groups in total. The number of halogens is 1. The topological polar surface area (TPSA) is 60.4 Å². The number of aromatic nitrogens is 1. The quantitative estimate of drug-likeness (QED) is 0.351. The molecule has 0 atom stereocenters. The summed E-state index contributed by atoms with van der Waals surface area (Å²) in [6.07, 6.45) is 1.79. The summed E-state index contributed by atoms with van der Waals surface area (Å²) in [5.74, 6) is 0. The van der Waals surface area contributed by atoms with Gasteiger partial charge in [0.15, 0.2) is 4.80 Å². The molecule has 2 aromatic carbocycles. The van der Waals surface area contributed by atoms with Crippen LogP contribution in [0.5, 0.6) is 0 Å². The van der Waals surface area contributed by atoms with Gasteiger partial charge in [-0.25, -0.2) is 4.99 Å². The van der Waals surface area contributed by atoms with Crippen LogP contribution in [0, 0.1) is 10.1 Å². The minimum absolute atomic E-state index is 0.0194. The van der Waals surface area contributed by atoms with Crippen LogP contribution in [0.2, 0.25) is 5.02 Å². The molecule has 5 nitrogen and oxygen atoms in total. The highest BCUT2D eigenvalue weighted by Gasteiger charge is 2.09. The van der Waals surface area contributed by atoms with Crippen molar-refractivity contribution in [3.8, 4) is 11.3 Å². The first-order valence-corrected chi connectivity index (χ1v) is 8.68. The molecule has 0 aliphatic heterocycles. The third-order valence-corrected chi connectivity index (χ3v) is 4.63. The zero-order valence-corrected chi connectivity index (χ0v) is 14.7. The molecule has 0 saturated heterocycles. The van der Waals surface area contributed by atoms with E-state index in [0.717, 1.165) is 16.1 Å². The molecule has 25 heavy (non-hydrogen) atoms. The van der Waals surface area contributed by atoms with Gasteiger partial charge in [0, 0.05) is 29.1 Å². The molecule has 0 aliphatic carbocycles. The van der Waals surface area contributed by atoms with Crippen LogP contribution in [0.15, 0.2) is 71.6 Å². The van der Waals surface area contributed by atoms with Gasteiger partial charge in [0.05, 0.1) is 16.3 Å². The van der Waals surface area contributed by atoms with E-state index in [1.165, 1.54) is 23.5 Å². The fraction of sp³-hybridized carbons (Fsp3) is 0.0556. The normalized spacial score (nSPS) is 11.5. The SMILES string of the molecule is C=CCn1c(-c2ccc(Cl)cc2)csc1=Nc1cccc([N+](=O)[O-])c1. The number of nitrogens with zero attached hydrogens (tertiary/aromatic N) is 3. The third kappa shape index (κ3) is 3.87. The summed E-state index contributed by atoms with van der Waals surface area (Å²) in [5.41, 5.74) is 2.57. The second-order valence-electron chi connectivity index (χ2n) is 5.20. The molecule has 126 valence electrons. The summed E-state index contributed by atoms with van der Waals surface area (Å²) >= 11 is 7.43. The van der Waals surface area contributed by atoms with Gasteiger partial charge >= 0.3 is 0 Å². The average molecular weight is 372 g/mol. The molecule has 3 aromatic rings. The Kier molecular flexibility index (Phi) is 5.11. The number of hydrogen-bond acceptors (Lipinski definition) is 4. The highest BCUT2D eigenvalue weighted by Crippen LogP contribution is 2.24. The van der Waals surface area contributed by atoms with E-state index >= 15 is 0 Å². The minimum atomic E-state index is -0.426. The number of thiazole rings is 1. The van der Waals surface area contributed by atoms with Crippen LogP contribution < -0.4 is 4.80 Å². The van der Waals surface area contributed by atoms with Gasteiger partial charge in [-0.2, -0.15) is 0 Å². The number of nitro benzene ring substituents is 1. The van der Waals surface area contributed by atoms with Crippen LogP contribution in [0.3, 0.4) is 0 Å². The van der Waals surface area contributed by atoms with Crippen LogP contribution in [-0.4, -0.2) is 9.49 Å². The maximum absolute atomic E-state index is 10.9. The van der Waals surface area contributed by atoms with E-state index in [-0.39, 0.29) is 5.69 Å². The van der Waals surface area contributed by atoms with Crippen molar-refractivity contribution in [1.29, 1.82) is 0 Å². The Labute approximate surface area is 153 Å². The van der Waals surface area contributed by atoms with Crippen LogP contribution in [-0.2, 0) is 6.54 Å². The Morgan fingerprint density at radius 3 is 2.72 bits per heavy atom. The van der Waals surface area contributed by atoms with Crippen molar-refractivity contribution in [2.45, 2.75) is 6.54 Å². The Hall–Kier alpha value is -2.70. The Morgan fingerprint density at radius 1 is 1.28 bits per heavy atom. The molecule has 0 amide bonds. The minimum Gasteiger partial charge on any atom is -0.313 e. The van der Waals surface area contributed by atoms with Crippen molar-refractivity contribution in [3.63, 3.8) is 0 Å². The number of non-ortho nitro benzene ring substituents is 1. The smallest absolute Gasteiger partial charge is 0.271 e. The molecule has 0 unspecified atom stereocenters. The molecule has 0 radical (unpaired) electrons. The molecule has 1 heterocycles. The van der Waals surface area contributed by atoms with Crippen molar-refractivity contribution in [1.82, 2.24) is 4.57 Å². The van der Waals surface area contributed by atoms with Gasteiger partial charge in [-0.05, 0) is 23.8 Å². The third-order valence-electron chi connectivity index (χ3n) is 3.51. The van der Waals surface area contributed by atoms with Crippen molar-refractivity contribution >= 4 is 34.3 Å². The molecule has 0 aliphatic rings. The van der Waals surface area contributed by atoms with Crippen molar-refractivity contribution in [2.75, 3.05) is 0 Å². The average Bonchev–Trinajstić information content (AvgIpc) is 2.99. The predicted octanol–water partition coefficient (Wildman–Crippen LogP) is 5.20. The van der Waals surface area contributed by atoms with E-state index in [1.54, 1.807) is 18.2 Å². The first-order valence-electron chi connectivity index (χ1n) is 7.43. The molecule has 0 fully saturated rings. The molecule has 1 aromatic heterocycles. The Morgan fingerprint density at radius 2 is 2.04 bits per heavy atom. The predicted molar refractivity (Wildman–Crippen MR) is 101 cm³/mol. The maximum atomic E-state index is 10.9. The summed E-state index contributed by atoms with van der Waals surface area (Å²) < 4.78 is 2.01. The number of hydrogen-bond donors (Lipinski definition) is 0. The number of nitro groups is 1. The Balaban J connectivity index is 2.10. The van der Waals surface area contributed by atoms with Crippen LogP contribution in [0.4, 0.5) is 11.4 Å². The molecule has 0 spiro atoms. The fourth-order valence-corrected chi connectivity index (χ4v) is 3.43. The van der Waals surface area contributed by atoms with E-state index in [1.807, 2.05) is 34.2 Å². The van der Waals surface area contributed by atoms with Crippen molar-refractivity contribution in [2.24, 2.45) is 4.99 Å². The van der Waals surface area contributed by atoms with E-state index in [0.29, 0.717) is 17.3 Å². The molecule has 3 rings (SSSR count). The lowest BCUT2D eigenvalue weighted by Gasteiger charge is -2.06. The first kappa shape index (κ1) is 17.1. The van der Waals surface area contributed by atoms with E-state index in [9.17, 15) is 10.1 Å². The van der Waals surface area contributed by atoms with Crippen molar-refractivity contribution < 1.29 is 4.92 Å². The zero-order chi connectivity index (χ0) is 17.8. The monoisotopic (exact) mass is 371 g/mol. The maximum Gasteiger partial charge on any atom is 0.271 e. The van der Waals surface area contributed by atoms with E-state index < -0.39 is 4.92 Å². The van der Waals surface area contributed by atoms with Gasteiger partial charge in [0.1, 0.15) is 0 Å². The highest BCUT2D eigenvalue weighted by atomic mass is 35.5. The standard InChI is InChI=1S/C18H14ClN3O2S/c1-2-10-21-17(13-6-8-14(19)9-7-13)12-25-18(21)20-15-4-3-5-16(11-15)22(23)24/h2-9,11-12H,1,10H2. The van der Waals surface area contributed by atoms with Crippen LogP contribution in [0.1, 0.15) is 0 Å². The molecule has 7 heteroatoms. The van der Waals surface area contributed by atoms with E-state index in [4.69, 9.17) is 11.6 Å². The molecular weight excluding hydrogens is 358 g/mol. The summed E-state index contributed by atoms with van der Waals surface area (Å²) in [4.78, 5) is 15.8. The van der Waals surface area contributed by atoms with Crippen LogP contribution >= 0.6 is 22.9 Å². The number of rotatable bonds is 5. The van der Waals surface area contributed by atoms with Gasteiger partial charge in [-0.3, -0.25) is 10.1 Å². The summed E-state index contributed by atoms with van der Waals surface area (Å²) in [6, 6.07) is 13.8. The number of allylic oxidation sites excluding steroid dienone is 1. The Bertz CT molecular complexity index is 990. The lowest BCUT2D eigenvalue weighted by atomic mass is 10.2. The number of benzene rings is 2. The summed E-state index contributed by atoms with van der Waals surface area (Å²) in [6.45, 7) is 4.38. The highest BCUT2D eigenvalue weighted by molar-refractivity contribution is 7.07. The molecule has 0 bridgehead atoms. The van der Waals surface area contributed by atoms with E-state index in [2.05, 4.69) is 11.6 Å². The van der Waals surface area contributed by atoms with Gasteiger partial charge in [0.25, 0.3) is 5.69 Å². The second-order valence-corrected chi connectivity index (χ2v) is 6.47. The van der Waals surface area contributed by atoms with Gasteiger partial charge < -0.3 is 4.57 Å². The van der Waals surface area contributed by atoms with Gasteiger partial charge in [-0.1, -0.05) is 35.9 Å². The summed E-state index contributed by atoms with van der Waals surface area (Å²) in [7, 11) is 0. The lowest BCUT2D eigenvalue weighted by molar-refractivity contribution is -0.384. The molecule has 0 saturated carbocycles. The van der Waals surface area contributed by atoms with Crippen LogP contribution in [0.25, 0.3) is 11.3 Å². The fourth-order valence-electron chi connectivity index (χ4n) is 2.36. The first-order chi connectivity index (χ1) is 12.1. The summed E-state index contributed by atoms with van der Waals surface area (Å²) in [5, 5.41) is 13.6.